The molecule has 2 N–H and O–H groups in total. The highest BCUT2D eigenvalue weighted by atomic mass is 32.1. The van der Waals surface area contributed by atoms with E-state index in [2.05, 4.69) is 15.6 Å². The Labute approximate surface area is 126 Å². The lowest BCUT2D eigenvalue weighted by Crippen LogP contribution is -2.53. The van der Waals surface area contributed by atoms with Crippen LogP contribution in [0.1, 0.15) is 6.92 Å². The van der Waals surface area contributed by atoms with Crippen LogP contribution in [0.4, 0.5) is 5.13 Å². The second-order valence-corrected chi connectivity index (χ2v) is 5.85. The van der Waals surface area contributed by atoms with Crippen molar-refractivity contribution in [2.45, 2.75) is 19.1 Å². The van der Waals surface area contributed by atoms with Crippen molar-refractivity contribution in [1.29, 1.82) is 0 Å². The molecule has 21 heavy (non-hydrogen) atoms. The monoisotopic (exact) mass is 307 g/mol. The summed E-state index contributed by atoms with van der Waals surface area (Å²) in [5, 5.41) is 6.58. The van der Waals surface area contributed by atoms with Crippen LogP contribution in [0.15, 0.2) is 18.2 Å². The maximum absolute atomic E-state index is 12.3. The van der Waals surface area contributed by atoms with Crippen LogP contribution in [-0.2, 0) is 9.53 Å². The highest BCUT2D eigenvalue weighted by molar-refractivity contribution is 7.22. The summed E-state index contributed by atoms with van der Waals surface area (Å²) in [5.41, 5.74) is 0.765. The van der Waals surface area contributed by atoms with E-state index in [1.165, 1.54) is 11.3 Å². The SMILES string of the molecule is COc1cccc2sc(NC(=O)[C@H]3NCCO[C@@H]3C)nc12. The number of rotatable bonds is 3. The summed E-state index contributed by atoms with van der Waals surface area (Å²) in [6.07, 6.45) is -0.150. The van der Waals surface area contributed by atoms with E-state index in [1.807, 2.05) is 25.1 Å². The summed E-state index contributed by atoms with van der Waals surface area (Å²) in [7, 11) is 1.61. The molecule has 0 saturated carbocycles. The van der Waals surface area contributed by atoms with E-state index in [4.69, 9.17) is 9.47 Å². The van der Waals surface area contributed by atoms with Crippen LogP contribution in [0.25, 0.3) is 10.2 Å². The van der Waals surface area contributed by atoms with Gasteiger partial charge in [-0.1, -0.05) is 17.4 Å². The maximum atomic E-state index is 12.3. The molecular formula is C14H17N3O3S. The van der Waals surface area contributed by atoms with Gasteiger partial charge in [0.05, 0.1) is 24.5 Å². The lowest BCUT2D eigenvalue weighted by molar-refractivity contribution is -0.123. The van der Waals surface area contributed by atoms with Crippen molar-refractivity contribution in [1.82, 2.24) is 10.3 Å². The number of aromatic nitrogens is 1. The number of para-hydroxylation sites is 1. The van der Waals surface area contributed by atoms with Crippen molar-refractivity contribution in [3.63, 3.8) is 0 Å². The third-order valence-corrected chi connectivity index (χ3v) is 4.37. The minimum Gasteiger partial charge on any atom is -0.494 e. The van der Waals surface area contributed by atoms with Crippen LogP contribution in [0, 0.1) is 0 Å². The predicted molar refractivity (Wildman–Crippen MR) is 82.0 cm³/mol. The Kier molecular flexibility index (Phi) is 4.05. The van der Waals surface area contributed by atoms with E-state index in [-0.39, 0.29) is 18.1 Å². The second-order valence-electron chi connectivity index (χ2n) is 4.82. The number of morpholine rings is 1. The van der Waals surface area contributed by atoms with Crippen LogP contribution >= 0.6 is 11.3 Å². The Morgan fingerprint density at radius 2 is 2.43 bits per heavy atom. The highest BCUT2D eigenvalue weighted by Gasteiger charge is 2.28. The fourth-order valence-electron chi connectivity index (χ4n) is 2.35. The summed E-state index contributed by atoms with van der Waals surface area (Å²) in [5.74, 6) is 0.581. The van der Waals surface area contributed by atoms with E-state index in [9.17, 15) is 4.79 Å². The molecule has 1 aromatic carbocycles. The molecule has 2 heterocycles. The molecule has 112 valence electrons. The molecule has 1 saturated heterocycles. The van der Waals surface area contributed by atoms with Crippen LogP contribution in [0.2, 0.25) is 0 Å². The molecule has 0 unspecified atom stereocenters. The van der Waals surface area contributed by atoms with E-state index in [0.29, 0.717) is 24.0 Å². The van der Waals surface area contributed by atoms with E-state index >= 15 is 0 Å². The van der Waals surface area contributed by atoms with Gasteiger partial charge in [-0.3, -0.25) is 4.79 Å². The van der Waals surface area contributed by atoms with Gasteiger partial charge in [-0.2, -0.15) is 0 Å². The summed E-state index contributed by atoms with van der Waals surface area (Å²) in [4.78, 5) is 16.7. The van der Waals surface area contributed by atoms with E-state index in [1.54, 1.807) is 7.11 Å². The Hall–Kier alpha value is -1.70. The first-order chi connectivity index (χ1) is 10.2. The minimum atomic E-state index is -0.354. The number of carbonyl (C=O) groups excluding carboxylic acids is 1. The fourth-order valence-corrected chi connectivity index (χ4v) is 3.24. The maximum Gasteiger partial charge on any atom is 0.245 e. The quantitative estimate of drug-likeness (QED) is 0.901. The van der Waals surface area contributed by atoms with Crippen molar-refractivity contribution >= 4 is 32.6 Å². The molecule has 2 atom stereocenters. The number of amides is 1. The molecule has 1 aliphatic rings. The van der Waals surface area contributed by atoms with Crippen molar-refractivity contribution in [3.8, 4) is 5.75 Å². The second kappa shape index (κ2) is 5.97. The number of hydrogen-bond acceptors (Lipinski definition) is 6. The number of hydrogen-bond donors (Lipinski definition) is 2. The Balaban J connectivity index is 1.80. The van der Waals surface area contributed by atoms with E-state index < -0.39 is 0 Å². The average molecular weight is 307 g/mol. The Morgan fingerprint density at radius 1 is 1.57 bits per heavy atom. The zero-order valence-corrected chi connectivity index (χ0v) is 12.7. The average Bonchev–Trinajstić information content (AvgIpc) is 2.89. The van der Waals surface area contributed by atoms with Gasteiger partial charge in [0.1, 0.15) is 17.3 Å². The lowest BCUT2D eigenvalue weighted by Gasteiger charge is -2.28. The summed E-state index contributed by atoms with van der Waals surface area (Å²) >= 11 is 1.43. The van der Waals surface area contributed by atoms with Crippen LogP contribution in [0.5, 0.6) is 5.75 Å². The molecule has 2 aromatic rings. The third-order valence-electron chi connectivity index (χ3n) is 3.43. The number of nitrogens with one attached hydrogen (secondary N) is 2. The van der Waals surface area contributed by atoms with Gasteiger partial charge in [0.25, 0.3) is 0 Å². The molecule has 1 aromatic heterocycles. The zero-order valence-electron chi connectivity index (χ0n) is 11.9. The van der Waals surface area contributed by atoms with Gasteiger partial charge >= 0.3 is 0 Å². The molecule has 6 nitrogen and oxygen atoms in total. The molecule has 0 radical (unpaired) electrons. The summed E-state index contributed by atoms with van der Waals surface area (Å²) < 4.78 is 11.7. The van der Waals surface area contributed by atoms with Crippen LogP contribution < -0.4 is 15.4 Å². The lowest BCUT2D eigenvalue weighted by atomic mass is 10.1. The molecule has 0 bridgehead atoms. The van der Waals surface area contributed by atoms with E-state index in [0.717, 1.165) is 10.2 Å². The fraction of sp³-hybridized carbons (Fsp3) is 0.429. The predicted octanol–water partition coefficient (Wildman–Crippen LogP) is 1.62. The zero-order chi connectivity index (χ0) is 14.8. The number of anilines is 1. The summed E-state index contributed by atoms with van der Waals surface area (Å²) in [6.45, 7) is 3.19. The molecular weight excluding hydrogens is 290 g/mol. The molecule has 1 fully saturated rings. The molecule has 0 aliphatic carbocycles. The number of nitrogens with zero attached hydrogens (tertiary/aromatic N) is 1. The van der Waals surface area contributed by atoms with Gasteiger partial charge in [-0.25, -0.2) is 4.98 Å². The van der Waals surface area contributed by atoms with Crippen molar-refractivity contribution < 1.29 is 14.3 Å². The number of methoxy groups -OCH3 is 1. The number of carbonyl (C=O) groups is 1. The largest absolute Gasteiger partial charge is 0.494 e. The van der Waals surface area contributed by atoms with Gasteiger partial charge in [-0.05, 0) is 19.1 Å². The number of benzene rings is 1. The first kappa shape index (κ1) is 14.2. The molecule has 1 amide bonds. The van der Waals surface area contributed by atoms with Gasteiger partial charge < -0.3 is 20.1 Å². The van der Waals surface area contributed by atoms with Crippen molar-refractivity contribution in [3.05, 3.63) is 18.2 Å². The molecule has 3 rings (SSSR count). The molecule has 0 spiro atoms. The van der Waals surface area contributed by atoms with Crippen molar-refractivity contribution in [2.24, 2.45) is 0 Å². The Bertz CT molecular complexity index is 658. The standard InChI is InChI=1S/C14H17N3O3S/c1-8-11(15-6-7-20-8)13(18)17-14-16-12-9(19-2)4-3-5-10(12)21-14/h3-5,8,11,15H,6-7H2,1-2H3,(H,16,17,18)/t8-,11+/m1/s1. The van der Waals surface area contributed by atoms with Gasteiger partial charge in [0.2, 0.25) is 5.91 Å². The van der Waals surface area contributed by atoms with Crippen LogP contribution in [0.3, 0.4) is 0 Å². The smallest absolute Gasteiger partial charge is 0.245 e. The van der Waals surface area contributed by atoms with Crippen molar-refractivity contribution in [2.75, 3.05) is 25.6 Å². The van der Waals surface area contributed by atoms with Gasteiger partial charge in [0, 0.05) is 6.54 Å². The first-order valence-corrected chi connectivity index (χ1v) is 7.60. The number of fused-ring (bicyclic) bond motifs is 1. The highest BCUT2D eigenvalue weighted by Crippen LogP contribution is 2.32. The topological polar surface area (TPSA) is 72.5 Å². The number of thiazole rings is 1. The number of ether oxygens (including phenoxy) is 2. The van der Waals surface area contributed by atoms with Crippen LogP contribution in [-0.4, -0.2) is 43.3 Å². The van der Waals surface area contributed by atoms with Gasteiger partial charge in [-0.15, -0.1) is 0 Å². The minimum absolute atomic E-state index is 0.125. The summed E-state index contributed by atoms with van der Waals surface area (Å²) in [6, 6.07) is 5.36. The first-order valence-electron chi connectivity index (χ1n) is 6.78. The third kappa shape index (κ3) is 2.85. The Morgan fingerprint density at radius 3 is 3.19 bits per heavy atom. The molecule has 1 aliphatic heterocycles. The molecule has 7 heteroatoms. The van der Waals surface area contributed by atoms with Gasteiger partial charge in [0.15, 0.2) is 5.13 Å². The normalized spacial score (nSPS) is 22.2.